The van der Waals surface area contributed by atoms with Crippen LogP contribution < -0.4 is 0 Å². The Labute approximate surface area is 126 Å². The van der Waals surface area contributed by atoms with E-state index in [1.54, 1.807) is 0 Å². The molecule has 1 aliphatic carbocycles. The van der Waals surface area contributed by atoms with E-state index < -0.39 is 0 Å². The minimum atomic E-state index is 0.813. The molecule has 1 saturated heterocycles. The van der Waals surface area contributed by atoms with Crippen LogP contribution in [0.3, 0.4) is 0 Å². The maximum Gasteiger partial charge on any atom is 0.0113 e. The Kier molecular flexibility index (Phi) is 6.35. The van der Waals surface area contributed by atoms with Gasteiger partial charge in [-0.25, -0.2) is 0 Å². The average Bonchev–Trinajstić information content (AvgIpc) is 2.39. The highest BCUT2D eigenvalue weighted by molar-refractivity contribution is 4.83. The number of nitrogens with zero attached hydrogens (tertiary/aromatic N) is 2. The van der Waals surface area contributed by atoms with Crippen LogP contribution in [0.2, 0.25) is 0 Å². The maximum absolute atomic E-state index is 2.79. The van der Waals surface area contributed by atoms with Crippen molar-refractivity contribution in [2.75, 3.05) is 32.7 Å². The third kappa shape index (κ3) is 5.04. The minimum Gasteiger partial charge on any atom is -0.301 e. The second kappa shape index (κ2) is 7.79. The lowest BCUT2D eigenvalue weighted by Crippen LogP contribution is -2.51. The summed E-state index contributed by atoms with van der Waals surface area (Å²) in [7, 11) is 0. The zero-order valence-electron chi connectivity index (χ0n) is 14.3. The molecule has 0 aromatic heterocycles. The van der Waals surface area contributed by atoms with Gasteiger partial charge in [0, 0.05) is 38.8 Å². The standard InChI is InChI=1S/C18H36N2/c1-15(2)13-17-5-7-18(8-6-17)20-11-9-19(10-12-20)14-16(3)4/h15-18H,5-14H2,1-4H3. The molecule has 0 aromatic carbocycles. The lowest BCUT2D eigenvalue weighted by Gasteiger charge is -2.42. The van der Waals surface area contributed by atoms with E-state index in [2.05, 4.69) is 37.5 Å². The van der Waals surface area contributed by atoms with Gasteiger partial charge in [-0.3, -0.25) is 4.90 Å². The topological polar surface area (TPSA) is 6.48 Å². The van der Waals surface area contributed by atoms with Crippen molar-refractivity contribution in [2.45, 2.75) is 65.8 Å². The van der Waals surface area contributed by atoms with Gasteiger partial charge in [-0.1, -0.05) is 27.7 Å². The summed E-state index contributed by atoms with van der Waals surface area (Å²) in [6.07, 6.45) is 7.34. The zero-order chi connectivity index (χ0) is 14.5. The highest BCUT2D eigenvalue weighted by atomic mass is 15.3. The van der Waals surface area contributed by atoms with E-state index in [4.69, 9.17) is 0 Å². The van der Waals surface area contributed by atoms with Gasteiger partial charge in [-0.2, -0.15) is 0 Å². The highest BCUT2D eigenvalue weighted by Crippen LogP contribution is 2.32. The fourth-order valence-electron chi connectivity index (χ4n) is 4.24. The predicted octanol–water partition coefficient (Wildman–Crippen LogP) is 3.86. The molecule has 0 atom stereocenters. The van der Waals surface area contributed by atoms with Gasteiger partial charge in [0.15, 0.2) is 0 Å². The molecule has 0 aromatic rings. The molecule has 1 saturated carbocycles. The van der Waals surface area contributed by atoms with Crippen molar-refractivity contribution >= 4 is 0 Å². The Hall–Kier alpha value is -0.0800. The van der Waals surface area contributed by atoms with Crippen molar-refractivity contribution < 1.29 is 0 Å². The Balaban J connectivity index is 1.68. The van der Waals surface area contributed by atoms with Gasteiger partial charge in [0.05, 0.1) is 0 Å². The SMILES string of the molecule is CC(C)CC1CCC(N2CCN(CC(C)C)CC2)CC1. The van der Waals surface area contributed by atoms with Crippen molar-refractivity contribution in [1.29, 1.82) is 0 Å². The first-order chi connectivity index (χ1) is 9.54. The molecule has 0 amide bonds. The van der Waals surface area contributed by atoms with E-state index >= 15 is 0 Å². The molecule has 1 aliphatic heterocycles. The quantitative estimate of drug-likeness (QED) is 0.754. The van der Waals surface area contributed by atoms with E-state index in [1.165, 1.54) is 64.8 Å². The summed E-state index contributed by atoms with van der Waals surface area (Å²) in [5.74, 6) is 2.72. The third-order valence-corrected chi connectivity index (χ3v) is 5.17. The molecule has 0 N–H and O–H groups in total. The molecule has 0 bridgehead atoms. The summed E-state index contributed by atoms with van der Waals surface area (Å²) in [6, 6.07) is 0.902. The third-order valence-electron chi connectivity index (χ3n) is 5.17. The first-order valence-corrected chi connectivity index (χ1v) is 9.01. The van der Waals surface area contributed by atoms with Crippen LogP contribution in [0.1, 0.15) is 59.8 Å². The van der Waals surface area contributed by atoms with Crippen LogP contribution >= 0.6 is 0 Å². The Morgan fingerprint density at radius 3 is 1.90 bits per heavy atom. The summed E-state index contributed by atoms with van der Waals surface area (Å²) < 4.78 is 0. The van der Waals surface area contributed by atoms with Gasteiger partial charge in [0.25, 0.3) is 0 Å². The summed E-state index contributed by atoms with van der Waals surface area (Å²) in [5, 5.41) is 0. The molecular weight excluding hydrogens is 244 g/mol. The average molecular weight is 280 g/mol. The predicted molar refractivity (Wildman–Crippen MR) is 88.1 cm³/mol. The van der Waals surface area contributed by atoms with Gasteiger partial charge in [0.1, 0.15) is 0 Å². The first-order valence-electron chi connectivity index (χ1n) is 9.01. The van der Waals surface area contributed by atoms with Crippen molar-refractivity contribution in [3.63, 3.8) is 0 Å². The molecule has 2 nitrogen and oxygen atoms in total. The Morgan fingerprint density at radius 1 is 0.800 bits per heavy atom. The van der Waals surface area contributed by atoms with Crippen molar-refractivity contribution in [1.82, 2.24) is 9.80 Å². The zero-order valence-corrected chi connectivity index (χ0v) is 14.3. The van der Waals surface area contributed by atoms with Crippen LogP contribution in [-0.4, -0.2) is 48.6 Å². The fraction of sp³-hybridized carbons (Fsp3) is 1.00. The molecule has 0 spiro atoms. The van der Waals surface area contributed by atoms with E-state index in [9.17, 15) is 0 Å². The largest absolute Gasteiger partial charge is 0.301 e. The highest BCUT2D eigenvalue weighted by Gasteiger charge is 2.28. The number of rotatable bonds is 5. The van der Waals surface area contributed by atoms with Crippen LogP contribution in [0.5, 0.6) is 0 Å². The smallest absolute Gasteiger partial charge is 0.0113 e. The van der Waals surface area contributed by atoms with Crippen molar-refractivity contribution in [3.05, 3.63) is 0 Å². The lowest BCUT2D eigenvalue weighted by molar-refractivity contribution is 0.0637. The van der Waals surface area contributed by atoms with Crippen LogP contribution in [0.25, 0.3) is 0 Å². The van der Waals surface area contributed by atoms with Crippen molar-refractivity contribution in [2.24, 2.45) is 17.8 Å². The van der Waals surface area contributed by atoms with Crippen LogP contribution in [0.15, 0.2) is 0 Å². The molecule has 1 heterocycles. The number of hydrogen-bond acceptors (Lipinski definition) is 2. The van der Waals surface area contributed by atoms with E-state index in [0.29, 0.717) is 0 Å². The second-order valence-corrected chi connectivity index (χ2v) is 8.03. The van der Waals surface area contributed by atoms with Gasteiger partial charge in [-0.05, 0) is 49.9 Å². The van der Waals surface area contributed by atoms with E-state index in [1.807, 2.05) is 0 Å². The molecule has 0 radical (unpaired) electrons. The van der Waals surface area contributed by atoms with Crippen LogP contribution in [0.4, 0.5) is 0 Å². The van der Waals surface area contributed by atoms with E-state index in [0.717, 1.165) is 23.8 Å². The summed E-state index contributed by atoms with van der Waals surface area (Å²) >= 11 is 0. The second-order valence-electron chi connectivity index (χ2n) is 8.03. The van der Waals surface area contributed by atoms with Crippen LogP contribution in [0, 0.1) is 17.8 Å². The van der Waals surface area contributed by atoms with Crippen molar-refractivity contribution in [3.8, 4) is 0 Å². The summed E-state index contributed by atoms with van der Waals surface area (Å²) in [6.45, 7) is 15.9. The molecule has 118 valence electrons. The summed E-state index contributed by atoms with van der Waals surface area (Å²) in [5.41, 5.74) is 0. The maximum atomic E-state index is 2.79. The normalized spacial score (nSPS) is 30.3. The first kappa shape index (κ1) is 16.3. The Bertz CT molecular complexity index is 231. The molecule has 2 rings (SSSR count). The number of piperazine rings is 1. The molecule has 2 aliphatic rings. The number of hydrogen-bond donors (Lipinski definition) is 0. The van der Waals surface area contributed by atoms with Crippen LogP contribution in [-0.2, 0) is 0 Å². The molecule has 20 heavy (non-hydrogen) atoms. The van der Waals surface area contributed by atoms with E-state index in [-0.39, 0.29) is 0 Å². The Morgan fingerprint density at radius 2 is 1.40 bits per heavy atom. The van der Waals surface area contributed by atoms with Gasteiger partial charge < -0.3 is 4.90 Å². The molecular formula is C18H36N2. The minimum absolute atomic E-state index is 0.813. The van der Waals surface area contributed by atoms with Gasteiger partial charge in [0.2, 0.25) is 0 Å². The summed E-state index contributed by atoms with van der Waals surface area (Å²) in [4.78, 5) is 5.45. The van der Waals surface area contributed by atoms with Gasteiger partial charge in [-0.15, -0.1) is 0 Å². The van der Waals surface area contributed by atoms with Gasteiger partial charge >= 0.3 is 0 Å². The molecule has 2 heteroatoms. The fourth-order valence-corrected chi connectivity index (χ4v) is 4.24. The molecule has 0 unspecified atom stereocenters. The monoisotopic (exact) mass is 280 g/mol. The molecule has 2 fully saturated rings. The lowest BCUT2D eigenvalue weighted by atomic mass is 9.81.